The molecule has 0 aliphatic carbocycles. The largest absolute Gasteiger partial charge is 0.493 e. The zero-order valence-corrected chi connectivity index (χ0v) is 12.1. The lowest BCUT2D eigenvalue weighted by molar-refractivity contribution is -0.122. The third kappa shape index (κ3) is 4.87. The van der Waals surface area contributed by atoms with Crippen molar-refractivity contribution in [2.45, 2.75) is 32.2 Å². The molecule has 0 saturated carbocycles. The first-order chi connectivity index (χ1) is 8.98. The van der Waals surface area contributed by atoms with Crippen LogP contribution < -0.4 is 15.8 Å². The summed E-state index contributed by atoms with van der Waals surface area (Å²) in [4.78, 5) is 12.1. The van der Waals surface area contributed by atoms with Crippen molar-refractivity contribution in [3.05, 3.63) is 30.3 Å². The van der Waals surface area contributed by atoms with Crippen LogP contribution in [0.3, 0.4) is 0 Å². The minimum absolute atomic E-state index is 0.118. The van der Waals surface area contributed by atoms with E-state index >= 15 is 0 Å². The number of nitrogens with two attached hydrogens (primary N) is 1. The van der Waals surface area contributed by atoms with Gasteiger partial charge in [-0.2, -0.15) is 0 Å². The normalized spacial score (nSPS) is 13.4. The van der Waals surface area contributed by atoms with Gasteiger partial charge in [-0.1, -0.05) is 37.3 Å². The van der Waals surface area contributed by atoms with Crippen molar-refractivity contribution in [3.63, 3.8) is 0 Å². The molecular weight excluding hydrogens is 260 g/mol. The standard InChI is InChI=1S/C14H20N2O2S/c1-3-14(2,13(15)19)16-12(17)9-10-18-11-7-5-4-6-8-11/h4-8H,3,9-10H2,1-2H3,(H2,15,19)(H,16,17). The Morgan fingerprint density at radius 1 is 1.42 bits per heavy atom. The van der Waals surface area contributed by atoms with Crippen molar-refractivity contribution >= 4 is 23.1 Å². The first-order valence-corrected chi connectivity index (χ1v) is 6.67. The molecule has 0 aliphatic heterocycles. The van der Waals surface area contributed by atoms with Gasteiger partial charge in [0.05, 0.1) is 23.6 Å². The minimum atomic E-state index is -0.626. The Bertz CT molecular complexity index is 436. The lowest BCUT2D eigenvalue weighted by Crippen LogP contribution is -2.54. The molecular formula is C14H20N2O2S. The summed E-state index contributed by atoms with van der Waals surface area (Å²) in [5.74, 6) is 0.635. The van der Waals surface area contributed by atoms with Crippen LogP contribution in [0.2, 0.25) is 0 Å². The molecule has 19 heavy (non-hydrogen) atoms. The molecule has 0 bridgehead atoms. The second-order valence-electron chi connectivity index (χ2n) is 4.51. The highest BCUT2D eigenvalue weighted by atomic mass is 32.1. The molecule has 1 atom stereocenters. The number of carbonyl (C=O) groups is 1. The van der Waals surface area contributed by atoms with Crippen molar-refractivity contribution in [1.29, 1.82) is 0 Å². The van der Waals surface area contributed by atoms with E-state index in [0.29, 0.717) is 18.0 Å². The molecule has 1 unspecified atom stereocenters. The maximum atomic E-state index is 11.8. The van der Waals surface area contributed by atoms with Crippen LogP contribution >= 0.6 is 12.2 Å². The highest BCUT2D eigenvalue weighted by Crippen LogP contribution is 2.11. The number of thiocarbonyl (C=S) groups is 1. The molecule has 0 aliphatic rings. The van der Waals surface area contributed by atoms with Crippen molar-refractivity contribution in [2.75, 3.05) is 6.61 Å². The topological polar surface area (TPSA) is 64.3 Å². The molecule has 0 radical (unpaired) electrons. The Labute approximate surface area is 119 Å². The number of nitrogens with one attached hydrogen (secondary N) is 1. The fraction of sp³-hybridized carbons (Fsp3) is 0.429. The average Bonchev–Trinajstić information content (AvgIpc) is 2.39. The first kappa shape index (κ1) is 15.4. The SMILES string of the molecule is CCC(C)(NC(=O)CCOc1ccccc1)C(N)=S. The number of carbonyl (C=O) groups excluding carboxylic acids is 1. The summed E-state index contributed by atoms with van der Waals surface area (Å²) >= 11 is 4.97. The van der Waals surface area contributed by atoms with Crippen LogP contribution in [0.5, 0.6) is 5.75 Å². The van der Waals surface area contributed by atoms with E-state index in [1.807, 2.05) is 44.2 Å². The predicted molar refractivity (Wildman–Crippen MR) is 80.2 cm³/mol. The molecule has 0 spiro atoms. The highest BCUT2D eigenvalue weighted by Gasteiger charge is 2.27. The molecule has 3 N–H and O–H groups in total. The molecule has 0 heterocycles. The van der Waals surface area contributed by atoms with Gasteiger partial charge in [-0.3, -0.25) is 4.79 Å². The van der Waals surface area contributed by atoms with Gasteiger partial charge < -0.3 is 15.8 Å². The zero-order valence-electron chi connectivity index (χ0n) is 11.3. The predicted octanol–water partition coefficient (Wildman–Crippen LogP) is 2.03. The zero-order chi connectivity index (χ0) is 14.3. The lowest BCUT2D eigenvalue weighted by Gasteiger charge is -2.28. The second kappa shape index (κ2) is 7.09. The van der Waals surface area contributed by atoms with E-state index in [1.54, 1.807) is 0 Å². The summed E-state index contributed by atoms with van der Waals surface area (Å²) in [6.45, 7) is 4.08. The van der Waals surface area contributed by atoms with Gasteiger partial charge in [-0.25, -0.2) is 0 Å². The van der Waals surface area contributed by atoms with Crippen LogP contribution in [0.25, 0.3) is 0 Å². The van der Waals surface area contributed by atoms with Crippen LogP contribution in [0.15, 0.2) is 30.3 Å². The maximum Gasteiger partial charge on any atom is 0.224 e. The first-order valence-electron chi connectivity index (χ1n) is 6.26. The molecule has 1 aromatic carbocycles. The summed E-state index contributed by atoms with van der Waals surface area (Å²) in [7, 11) is 0. The third-order valence-electron chi connectivity index (χ3n) is 3.01. The van der Waals surface area contributed by atoms with E-state index in [1.165, 1.54) is 0 Å². The van der Waals surface area contributed by atoms with Gasteiger partial charge in [0, 0.05) is 0 Å². The van der Waals surface area contributed by atoms with E-state index < -0.39 is 5.54 Å². The van der Waals surface area contributed by atoms with Gasteiger partial charge in [0.15, 0.2) is 0 Å². The molecule has 104 valence electrons. The Kier molecular flexibility index (Phi) is 5.76. The minimum Gasteiger partial charge on any atom is -0.493 e. The number of rotatable bonds is 7. The average molecular weight is 280 g/mol. The van der Waals surface area contributed by atoms with Gasteiger partial charge in [0.1, 0.15) is 5.75 Å². The Morgan fingerprint density at radius 3 is 2.58 bits per heavy atom. The summed E-state index contributed by atoms with van der Waals surface area (Å²) in [6.07, 6.45) is 0.931. The van der Waals surface area contributed by atoms with Crippen molar-refractivity contribution in [3.8, 4) is 5.75 Å². The van der Waals surface area contributed by atoms with E-state index in [9.17, 15) is 4.79 Å². The van der Waals surface area contributed by atoms with Gasteiger partial charge in [0.2, 0.25) is 5.91 Å². The summed E-state index contributed by atoms with van der Waals surface area (Å²) in [5, 5.41) is 2.84. The lowest BCUT2D eigenvalue weighted by atomic mass is 9.99. The molecule has 4 nitrogen and oxygen atoms in total. The molecule has 1 aromatic rings. The van der Waals surface area contributed by atoms with Crippen LogP contribution in [-0.2, 0) is 4.79 Å². The molecule has 5 heteroatoms. The van der Waals surface area contributed by atoms with E-state index in [2.05, 4.69) is 5.32 Å². The second-order valence-corrected chi connectivity index (χ2v) is 4.95. The maximum absolute atomic E-state index is 11.8. The van der Waals surface area contributed by atoms with E-state index in [-0.39, 0.29) is 12.3 Å². The Morgan fingerprint density at radius 2 is 2.05 bits per heavy atom. The third-order valence-corrected chi connectivity index (χ3v) is 3.46. The molecule has 1 rings (SSSR count). The van der Waals surface area contributed by atoms with Crippen LogP contribution in [0, 0.1) is 0 Å². The molecule has 0 saturated heterocycles. The number of ether oxygens (including phenoxy) is 1. The fourth-order valence-corrected chi connectivity index (χ4v) is 1.67. The number of benzene rings is 1. The van der Waals surface area contributed by atoms with Gasteiger partial charge in [-0.05, 0) is 25.5 Å². The molecule has 0 aromatic heterocycles. The highest BCUT2D eigenvalue weighted by molar-refractivity contribution is 7.80. The van der Waals surface area contributed by atoms with E-state index in [4.69, 9.17) is 22.7 Å². The molecule has 0 fully saturated rings. The van der Waals surface area contributed by atoms with Crippen LogP contribution in [-0.4, -0.2) is 23.0 Å². The summed E-state index contributed by atoms with van der Waals surface area (Å²) in [6, 6.07) is 9.38. The summed E-state index contributed by atoms with van der Waals surface area (Å²) < 4.78 is 5.46. The van der Waals surface area contributed by atoms with E-state index in [0.717, 1.165) is 5.75 Å². The smallest absolute Gasteiger partial charge is 0.224 e. The Hall–Kier alpha value is -1.62. The van der Waals surface area contributed by atoms with Crippen molar-refractivity contribution in [1.82, 2.24) is 5.32 Å². The number of amides is 1. The van der Waals surface area contributed by atoms with Crippen molar-refractivity contribution in [2.24, 2.45) is 5.73 Å². The fourth-order valence-electron chi connectivity index (χ4n) is 1.47. The van der Waals surface area contributed by atoms with Gasteiger partial charge in [0.25, 0.3) is 0 Å². The number of hydrogen-bond acceptors (Lipinski definition) is 3. The van der Waals surface area contributed by atoms with Crippen molar-refractivity contribution < 1.29 is 9.53 Å². The van der Waals surface area contributed by atoms with Crippen LogP contribution in [0.4, 0.5) is 0 Å². The monoisotopic (exact) mass is 280 g/mol. The molecule has 1 amide bonds. The Balaban J connectivity index is 2.38. The van der Waals surface area contributed by atoms with Crippen LogP contribution in [0.1, 0.15) is 26.7 Å². The van der Waals surface area contributed by atoms with Gasteiger partial charge in [-0.15, -0.1) is 0 Å². The quantitative estimate of drug-likeness (QED) is 0.750. The summed E-state index contributed by atoms with van der Waals surface area (Å²) in [5.41, 5.74) is 5.01. The number of hydrogen-bond donors (Lipinski definition) is 2. The van der Waals surface area contributed by atoms with Gasteiger partial charge >= 0.3 is 0 Å². The number of para-hydroxylation sites is 1.